The maximum atomic E-state index is 7.94. The largest absolute Gasteiger partial charge is 0.493 e. The van der Waals surface area contributed by atoms with E-state index in [9.17, 15) is 0 Å². The number of nitrogens with one attached hydrogen (secondary N) is 1. The first-order valence-corrected chi connectivity index (χ1v) is 9.61. The average molecular weight is 440 g/mol. The number of methoxy groups -OCH3 is 1. The maximum absolute atomic E-state index is 7.94. The number of aliphatic hydroxyl groups is 1. The van der Waals surface area contributed by atoms with Crippen LogP contribution >= 0.6 is 11.6 Å². The third-order valence-electron chi connectivity index (χ3n) is 3.93. The third-order valence-corrected chi connectivity index (χ3v) is 4.11. The Morgan fingerprint density at radius 1 is 1.37 bits per heavy atom. The Kier molecular flexibility index (Phi) is 11.7. The lowest BCUT2D eigenvalue weighted by atomic mass is 9.90. The van der Waals surface area contributed by atoms with Crippen LogP contribution in [0.5, 0.6) is 5.75 Å². The molecule has 9 nitrogen and oxygen atoms in total. The van der Waals surface area contributed by atoms with Crippen molar-refractivity contribution in [3.05, 3.63) is 47.0 Å². The maximum Gasteiger partial charge on any atom is 0.147 e. The molecule has 1 saturated heterocycles. The van der Waals surface area contributed by atoms with Gasteiger partial charge >= 0.3 is 0 Å². The minimum Gasteiger partial charge on any atom is -0.493 e. The molecule has 0 unspecified atom stereocenters. The van der Waals surface area contributed by atoms with E-state index in [1.165, 1.54) is 6.20 Å². The summed E-state index contributed by atoms with van der Waals surface area (Å²) in [6.07, 6.45) is 4.54. The van der Waals surface area contributed by atoms with E-state index in [4.69, 9.17) is 37.3 Å². The van der Waals surface area contributed by atoms with Crippen LogP contribution in [-0.4, -0.2) is 61.6 Å². The zero-order valence-corrected chi connectivity index (χ0v) is 18.1. The fourth-order valence-corrected chi connectivity index (χ4v) is 2.53. The lowest BCUT2D eigenvalue weighted by molar-refractivity contribution is -0.120. The number of nitrogens with zero attached hydrogens (tertiary/aromatic N) is 2. The second-order valence-corrected chi connectivity index (χ2v) is 7.23. The predicted molar refractivity (Wildman–Crippen MR) is 117 cm³/mol. The molecular weight excluding hydrogens is 410 g/mol. The third kappa shape index (κ3) is 9.36. The highest BCUT2D eigenvalue weighted by Crippen LogP contribution is 2.29. The zero-order chi connectivity index (χ0) is 22.4. The number of nitrogens with two attached hydrogens (primary N) is 2. The Labute approximate surface area is 181 Å². The van der Waals surface area contributed by atoms with Gasteiger partial charge in [-0.2, -0.15) is 0 Å². The van der Waals surface area contributed by atoms with Crippen molar-refractivity contribution < 1.29 is 19.3 Å². The molecule has 0 aliphatic carbocycles. The minimum atomic E-state index is 0.115. The second-order valence-electron chi connectivity index (χ2n) is 6.85. The van der Waals surface area contributed by atoms with Crippen molar-refractivity contribution in [3.63, 3.8) is 0 Å². The summed E-state index contributed by atoms with van der Waals surface area (Å²) in [6, 6.07) is 5.72. The number of benzene rings is 1. The van der Waals surface area contributed by atoms with Crippen LogP contribution in [0.15, 0.2) is 30.6 Å². The van der Waals surface area contributed by atoms with Gasteiger partial charge in [-0.1, -0.05) is 24.6 Å². The van der Waals surface area contributed by atoms with Crippen molar-refractivity contribution in [3.8, 4) is 5.75 Å². The van der Waals surface area contributed by atoms with E-state index in [1.54, 1.807) is 13.3 Å². The molecule has 0 amide bonds. The quantitative estimate of drug-likeness (QED) is 0.290. The van der Waals surface area contributed by atoms with Gasteiger partial charge in [-0.25, -0.2) is 4.98 Å². The highest BCUT2D eigenvalue weighted by molar-refractivity contribution is 6.29. The Morgan fingerprint density at radius 2 is 2.07 bits per heavy atom. The Balaban J connectivity index is 0.000000485. The SMILES string of the molecule is CC1(COc2ccc(Cc3cncc(Cl)n3)c(N)c2)COC1.COCCO.N=CN. The predicted octanol–water partition coefficient (Wildman–Crippen LogP) is 1.90. The summed E-state index contributed by atoms with van der Waals surface area (Å²) >= 11 is 5.84. The molecule has 0 radical (unpaired) electrons. The van der Waals surface area contributed by atoms with E-state index in [0.29, 0.717) is 30.5 Å². The minimum absolute atomic E-state index is 0.115. The lowest BCUT2D eigenvalue weighted by Gasteiger charge is -2.37. The van der Waals surface area contributed by atoms with Crippen molar-refractivity contribution >= 4 is 23.6 Å². The normalized spacial score (nSPS) is 13.6. The van der Waals surface area contributed by atoms with Crippen molar-refractivity contribution in [2.24, 2.45) is 11.1 Å². The number of ether oxygens (including phenoxy) is 3. The molecule has 1 aliphatic heterocycles. The van der Waals surface area contributed by atoms with Crippen molar-refractivity contribution in [1.29, 1.82) is 5.41 Å². The van der Waals surface area contributed by atoms with Gasteiger partial charge in [0.1, 0.15) is 10.9 Å². The van der Waals surface area contributed by atoms with Crippen LogP contribution < -0.4 is 16.2 Å². The first-order chi connectivity index (χ1) is 14.4. The van der Waals surface area contributed by atoms with Gasteiger partial charge in [0.05, 0.1) is 51.3 Å². The van der Waals surface area contributed by atoms with E-state index < -0.39 is 0 Å². The molecule has 2 heterocycles. The first kappa shape index (κ1) is 25.6. The van der Waals surface area contributed by atoms with Crippen LogP contribution in [-0.2, 0) is 15.9 Å². The number of aliphatic hydroxyl groups excluding tert-OH is 1. The smallest absolute Gasteiger partial charge is 0.147 e. The molecule has 1 aromatic carbocycles. The molecule has 166 valence electrons. The van der Waals surface area contributed by atoms with Gasteiger partial charge in [0.25, 0.3) is 0 Å². The molecule has 2 aromatic rings. The molecule has 0 atom stereocenters. The molecule has 30 heavy (non-hydrogen) atoms. The van der Waals surface area contributed by atoms with Gasteiger partial charge < -0.3 is 30.8 Å². The molecular formula is C20H30ClN5O4. The molecule has 0 bridgehead atoms. The summed E-state index contributed by atoms with van der Waals surface area (Å²) in [6.45, 7) is 4.83. The molecule has 1 aromatic heterocycles. The van der Waals surface area contributed by atoms with Crippen LogP contribution in [0.25, 0.3) is 0 Å². The summed E-state index contributed by atoms with van der Waals surface area (Å²) in [5.74, 6) is 0.770. The highest BCUT2D eigenvalue weighted by atomic mass is 35.5. The standard InChI is InChI=1S/C16H18ClN3O2.C3H8O2.CH4N2/c1-16(8-21-9-16)10-22-13-3-2-11(14(18)5-13)4-12-6-19-7-15(17)20-12;1-5-3-2-4;2-1-3/h2-3,5-7H,4,8-10,18H2,1H3;4H,2-3H2,1H3;1H,(H3,2,3). The summed E-state index contributed by atoms with van der Waals surface area (Å²) in [5, 5.41) is 14.2. The summed E-state index contributed by atoms with van der Waals surface area (Å²) in [4.78, 5) is 8.25. The van der Waals surface area contributed by atoms with Gasteiger partial charge in [-0.3, -0.25) is 10.4 Å². The summed E-state index contributed by atoms with van der Waals surface area (Å²) in [5.41, 5.74) is 13.0. The molecule has 3 rings (SSSR count). The molecule has 10 heteroatoms. The Bertz CT molecular complexity index is 773. The Hall–Kier alpha value is -2.46. The number of hydrogen-bond acceptors (Lipinski definition) is 8. The van der Waals surface area contributed by atoms with Gasteiger partial charge in [0.2, 0.25) is 0 Å². The lowest BCUT2D eigenvalue weighted by Crippen LogP contribution is -2.44. The average Bonchev–Trinajstić information content (AvgIpc) is 2.69. The number of aromatic nitrogens is 2. The number of hydrogen-bond donors (Lipinski definition) is 4. The van der Waals surface area contributed by atoms with Gasteiger partial charge in [0, 0.05) is 36.9 Å². The molecule has 0 saturated carbocycles. The number of halogens is 1. The Morgan fingerprint density at radius 3 is 2.53 bits per heavy atom. The van der Waals surface area contributed by atoms with Crippen LogP contribution in [0.4, 0.5) is 5.69 Å². The molecule has 1 fully saturated rings. The second kappa shape index (κ2) is 13.7. The van der Waals surface area contributed by atoms with Crippen LogP contribution in [0.3, 0.4) is 0 Å². The zero-order valence-electron chi connectivity index (χ0n) is 17.3. The number of rotatable bonds is 7. The fraction of sp³-hybridized carbons (Fsp3) is 0.450. The van der Waals surface area contributed by atoms with E-state index in [0.717, 1.165) is 36.6 Å². The molecule has 1 aliphatic rings. The molecule has 0 spiro atoms. The first-order valence-electron chi connectivity index (χ1n) is 9.23. The van der Waals surface area contributed by atoms with Crippen LogP contribution in [0, 0.1) is 10.8 Å². The number of nitrogen functional groups attached to an aromatic ring is 1. The van der Waals surface area contributed by atoms with Gasteiger partial charge in [0.15, 0.2) is 0 Å². The van der Waals surface area contributed by atoms with Gasteiger partial charge in [-0.05, 0) is 11.6 Å². The van der Waals surface area contributed by atoms with E-state index >= 15 is 0 Å². The topological polar surface area (TPSA) is 150 Å². The van der Waals surface area contributed by atoms with E-state index in [-0.39, 0.29) is 12.0 Å². The fourth-order valence-electron chi connectivity index (χ4n) is 2.37. The van der Waals surface area contributed by atoms with E-state index in [1.807, 2.05) is 18.2 Å². The van der Waals surface area contributed by atoms with Crippen LogP contribution in [0.2, 0.25) is 5.15 Å². The monoisotopic (exact) mass is 439 g/mol. The molecule has 6 N–H and O–H groups in total. The van der Waals surface area contributed by atoms with Crippen molar-refractivity contribution in [2.75, 3.05) is 45.9 Å². The van der Waals surface area contributed by atoms with Crippen molar-refractivity contribution in [2.45, 2.75) is 13.3 Å². The van der Waals surface area contributed by atoms with Crippen LogP contribution in [0.1, 0.15) is 18.2 Å². The highest BCUT2D eigenvalue weighted by Gasteiger charge is 2.34. The van der Waals surface area contributed by atoms with E-state index in [2.05, 4.69) is 27.4 Å². The van der Waals surface area contributed by atoms with Crippen molar-refractivity contribution in [1.82, 2.24) is 9.97 Å². The summed E-state index contributed by atoms with van der Waals surface area (Å²) < 4.78 is 15.5. The number of anilines is 1. The summed E-state index contributed by atoms with van der Waals surface area (Å²) in [7, 11) is 1.55. The van der Waals surface area contributed by atoms with Gasteiger partial charge in [-0.15, -0.1) is 0 Å².